The molecule has 35 heavy (non-hydrogen) atoms. The summed E-state index contributed by atoms with van der Waals surface area (Å²) >= 11 is 0. The number of aromatic nitrogens is 5. The standard InChI is InChI=1S/C25H18F3N5O2/c1-16(20-5-2-3-12-29-20)32-14-11-17(15-22(32)34)23-24-21(6-4-13-30-24)33(31-23)18-7-9-19(10-8-18)35-25(26,27)28/h2-16H,1H3/t16-/m0/s1. The summed E-state index contributed by atoms with van der Waals surface area (Å²) in [6.45, 7) is 1.89. The van der Waals surface area contributed by atoms with Crippen LogP contribution < -0.4 is 10.3 Å². The van der Waals surface area contributed by atoms with Gasteiger partial charge in [-0.05, 0) is 61.5 Å². The third-order valence-electron chi connectivity index (χ3n) is 5.51. The Bertz CT molecular complexity index is 1540. The minimum absolute atomic E-state index is 0.229. The van der Waals surface area contributed by atoms with Crippen LogP contribution >= 0.6 is 0 Å². The summed E-state index contributed by atoms with van der Waals surface area (Å²) in [4.78, 5) is 21.7. The molecule has 0 bridgehead atoms. The van der Waals surface area contributed by atoms with Crippen LogP contribution in [-0.2, 0) is 0 Å². The van der Waals surface area contributed by atoms with Crippen molar-refractivity contribution in [3.8, 4) is 22.7 Å². The highest BCUT2D eigenvalue weighted by Crippen LogP contribution is 2.29. The number of pyridine rings is 3. The zero-order valence-electron chi connectivity index (χ0n) is 18.3. The maximum Gasteiger partial charge on any atom is 0.573 e. The summed E-state index contributed by atoms with van der Waals surface area (Å²) in [6.07, 6.45) is 0.208. The van der Waals surface area contributed by atoms with E-state index in [1.54, 1.807) is 46.0 Å². The number of fused-ring (bicyclic) bond motifs is 1. The number of halogens is 3. The molecule has 0 saturated carbocycles. The van der Waals surface area contributed by atoms with Crippen LogP contribution in [0.15, 0.2) is 90.1 Å². The molecule has 0 amide bonds. The minimum atomic E-state index is -4.77. The van der Waals surface area contributed by atoms with Gasteiger partial charge in [0.1, 0.15) is 17.0 Å². The topological polar surface area (TPSA) is 74.8 Å². The number of benzene rings is 1. The van der Waals surface area contributed by atoms with Gasteiger partial charge in [0.15, 0.2) is 0 Å². The first kappa shape index (κ1) is 22.3. The monoisotopic (exact) mass is 477 g/mol. The van der Waals surface area contributed by atoms with Gasteiger partial charge in [0.05, 0.1) is 22.9 Å². The average Bonchev–Trinajstić information content (AvgIpc) is 3.23. The third-order valence-corrected chi connectivity index (χ3v) is 5.51. The maximum absolute atomic E-state index is 13.0. The molecule has 0 aliphatic heterocycles. The molecule has 0 unspecified atom stereocenters. The first-order valence-electron chi connectivity index (χ1n) is 10.6. The van der Waals surface area contributed by atoms with E-state index in [1.807, 2.05) is 25.1 Å². The molecule has 0 aliphatic rings. The molecule has 10 heteroatoms. The van der Waals surface area contributed by atoms with Gasteiger partial charge in [-0.15, -0.1) is 13.2 Å². The van der Waals surface area contributed by atoms with Crippen LogP contribution in [-0.4, -0.2) is 30.7 Å². The molecule has 0 radical (unpaired) electrons. The normalized spacial score (nSPS) is 12.6. The summed E-state index contributed by atoms with van der Waals surface area (Å²) in [7, 11) is 0. The molecule has 4 heterocycles. The summed E-state index contributed by atoms with van der Waals surface area (Å²) in [5.74, 6) is -0.332. The number of alkyl halides is 3. The number of hydrogen-bond acceptors (Lipinski definition) is 5. The summed E-state index contributed by atoms with van der Waals surface area (Å²) < 4.78 is 44.6. The molecule has 4 aromatic heterocycles. The van der Waals surface area contributed by atoms with Crippen molar-refractivity contribution in [2.45, 2.75) is 19.3 Å². The van der Waals surface area contributed by atoms with E-state index in [4.69, 9.17) is 0 Å². The lowest BCUT2D eigenvalue weighted by Crippen LogP contribution is -2.23. The van der Waals surface area contributed by atoms with Crippen molar-refractivity contribution in [2.75, 3.05) is 0 Å². The molecule has 0 fully saturated rings. The van der Waals surface area contributed by atoms with Crippen molar-refractivity contribution in [2.24, 2.45) is 0 Å². The van der Waals surface area contributed by atoms with Gasteiger partial charge in [-0.1, -0.05) is 6.07 Å². The van der Waals surface area contributed by atoms with E-state index in [0.717, 1.165) is 5.69 Å². The van der Waals surface area contributed by atoms with Gasteiger partial charge >= 0.3 is 6.36 Å². The molecule has 0 spiro atoms. The molecule has 1 atom stereocenters. The Hall–Kier alpha value is -4.47. The van der Waals surface area contributed by atoms with Crippen molar-refractivity contribution in [3.63, 3.8) is 0 Å². The van der Waals surface area contributed by atoms with E-state index in [0.29, 0.717) is 28.0 Å². The van der Waals surface area contributed by atoms with Crippen molar-refractivity contribution < 1.29 is 17.9 Å². The molecular weight excluding hydrogens is 459 g/mol. The van der Waals surface area contributed by atoms with E-state index < -0.39 is 6.36 Å². The molecule has 1 aromatic carbocycles. The molecule has 5 rings (SSSR count). The molecular formula is C25H18F3N5O2. The average molecular weight is 477 g/mol. The van der Waals surface area contributed by atoms with Gasteiger partial charge in [-0.2, -0.15) is 5.10 Å². The Balaban J connectivity index is 1.54. The van der Waals surface area contributed by atoms with Crippen LogP contribution in [0, 0.1) is 0 Å². The molecule has 7 nitrogen and oxygen atoms in total. The quantitative estimate of drug-likeness (QED) is 0.350. The van der Waals surface area contributed by atoms with Gasteiger partial charge in [-0.25, -0.2) is 4.68 Å². The van der Waals surface area contributed by atoms with Crippen molar-refractivity contribution in [1.82, 2.24) is 24.3 Å². The van der Waals surface area contributed by atoms with E-state index in [2.05, 4.69) is 19.8 Å². The highest BCUT2D eigenvalue weighted by molar-refractivity contribution is 5.90. The fourth-order valence-corrected chi connectivity index (χ4v) is 3.85. The fraction of sp³-hybridized carbons (Fsp3) is 0.120. The van der Waals surface area contributed by atoms with Gasteiger partial charge < -0.3 is 9.30 Å². The number of rotatable bonds is 5. The lowest BCUT2D eigenvalue weighted by atomic mass is 10.1. The van der Waals surface area contributed by atoms with Crippen molar-refractivity contribution in [3.05, 3.63) is 101 Å². The van der Waals surface area contributed by atoms with E-state index in [9.17, 15) is 18.0 Å². The number of ether oxygens (including phenoxy) is 1. The Morgan fingerprint density at radius 1 is 0.943 bits per heavy atom. The highest BCUT2D eigenvalue weighted by Gasteiger charge is 2.31. The van der Waals surface area contributed by atoms with Crippen LogP contribution in [0.5, 0.6) is 5.75 Å². The maximum atomic E-state index is 13.0. The second-order valence-electron chi connectivity index (χ2n) is 7.76. The van der Waals surface area contributed by atoms with Crippen LogP contribution in [0.3, 0.4) is 0 Å². The number of nitrogens with zero attached hydrogens (tertiary/aromatic N) is 5. The summed E-state index contributed by atoms with van der Waals surface area (Å²) in [6, 6.07) is 17.4. The smallest absolute Gasteiger partial charge is 0.406 e. The van der Waals surface area contributed by atoms with Gasteiger partial charge in [0.25, 0.3) is 5.56 Å². The van der Waals surface area contributed by atoms with Crippen LogP contribution in [0.4, 0.5) is 13.2 Å². The fourth-order valence-electron chi connectivity index (χ4n) is 3.85. The zero-order chi connectivity index (χ0) is 24.6. The first-order valence-corrected chi connectivity index (χ1v) is 10.6. The molecule has 0 saturated heterocycles. The van der Waals surface area contributed by atoms with Gasteiger partial charge in [0, 0.05) is 30.2 Å². The second-order valence-corrected chi connectivity index (χ2v) is 7.76. The predicted molar refractivity (Wildman–Crippen MR) is 123 cm³/mol. The van der Waals surface area contributed by atoms with E-state index in [1.165, 1.54) is 30.3 Å². The summed E-state index contributed by atoms with van der Waals surface area (Å²) in [5.41, 5.74) is 3.28. The Morgan fingerprint density at radius 2 is 1.71 bits per heavy atom. The van der Waals surface area contributed by atoms with Crippen molar-refractivity contribution >= 4 is 11.0 Å². The molecule has 0 N–H and O–H groups in total. The van der Waals surface area contributed by atoms with Crippen LogP contribution in [0.1, 0.15) is 18.7 Å². The Kier molecular flexibility index (Phi) is 5.56. The van der Waals surface area contributed by atoms with E-state index >= 15 is 0 Å². The number of hydrogen-bond donors (Lipinski definition) is 0. The second kappa shape index (κ2) is 8.71. The Morgan fingerprint density at radius 3 is 2.40 bits per heavy atom. The van der Waals surface area contributed by atoms with Gasteiger partial charge in [0.2, 0.25) is 0 Å². The summed E-state index contributed by atoms with van der Waals surface area (Å²) in [5, 5.41) is 4.64. The predicted octanol–water partition coefficient (Wildman–Crippen LogP) is 5.15. The van der Waals surface area contributed by atoms with E-state index in [-0.39, 0.29) is 17.4 Å². The van der Waals surface area contributed by atoms with Crippen LogP contribution in [0.2, 0.25) is 0 Å². The van der Waals surface area contributed by atoms with Crippen LogP contribution in [0.25, 0.3) is 28.0 Å². The zero-order valence-corrected chi connectivity index (χ0v) is 18.3. The highest BCUT2D eigenvalue weighted by atomic mass is 19.4. The molecule has 5 aromatic rings. The Labute approximate surface area is 197 Å². The lowest BCUT2D eigenvalue weighted by Gasteiger charge is -2.14. The van der Waals surface area contributed by atoms with Gasteiger partial charge in [-0.3, -0.25) is 14.8 Å². The third kappa shape index (κ3) is 4.50. The largest absolute Gasteiger partial charge is 0.573 e. The SMILES string of the molecule is C[C@@H](c1ccccn1)n1ccc(-c2nn(-c3ccc(OC(F)(F)F)cc3)c3cccnc23)cc1=O. The molecule has 0 aliphatic carbocycles. The minimum Gasteiger partial charge on any atom is -0.406 e. The first-order chi connectivity index (χ1) is 16.8. The lowest BCUT2D eigenvalue weighted by molar-refractivity contribution is -0.274. The molecule has 176 valence electrons. The van der Waals surface area contributed by atoms with Crippen molar-refractivity contribution in [1.29, 1.82) is 0 Å².